The molecular formula is C30H34N4O2S. The third kappa shape index (κ3) is 4.98. The molecule has 4 aromatic rings. The summed E-state index contributed by atoms with van der Waals surface area (Å²) in [5.74, 6) is 0.876. The average Bonchev–Trinajstić information content (AvgIpc) is 3.50. The van der Waals surface area contributed by atoms with E-state index in [2.05, 4.69) is 52.0 Å². The Morgan fingerprint density at radius 1 is 1.11 bits per heavy atom. The molecule has 3 heterocycles. The van der Waals surface area contributed by atoms with Crippen LogP contribution in [0.5, 0.6) is 5.75 Å². The second kappa shape index (κ2) is 10.2. The van der Waals surface area contributed by atoms with Crippen molar-refractivity contribution >= 4 is 38.8 Å². The third-order valence-corrected chi connectivity index (χ3v) is 8.66. The van der Waals surface area contributed by atoms with E-state index < -0.39 is 0 Å². The van der Waals surface area contributed by atoms with Crippen LogP contribution in [-0.2, 0) is 20.0 Å². The van der Waals surface area contributed by atoms with Crippen molar-refractivity contribution in [1.29, 1.82) is 0 Å². The molecule has 1 fully saturated rings. The Morgan fingerprint density at radius 2 is 1.92 bits per heavy atom. The summed E-state index contributed by atoms with van der Waals surface area (Å²) in [6.45, 7) is 1.83. The predicted octanol–water partition coefficient (Wildman–Crippen LogP) is 6.09. The van der Waals surface area contributed by atoms with E-state index in [-0.39, 0.29) is 12.0 Å². The number of fused-ring (bicyclic) bond motifs is 2. The lowest BCUT2D eigenvalue weighted by molar-refractivity contribution is 0.101. The normalized spacial score (nSPS) is 19.6. The summed E-state index contributed by atoms with van der Waals surface area (Å²) < 4.78 is 9.31. The van der Waals surface area contributed by atoms with Crippen molar-refractivity contribution in [3.05, 3.63) is 76.8 Å². The molecule has 1 aliphatic carbocycles. The first-order valence-corrected chi connectivity index (χ1v) is 14.2. The summed E-state index contributed by atoms with van der Waals surface area (Å²) in [4.78, 5) is 15.6. The molecular weight excluding hydrogens is 480 g/mol. The van der Waals surface area contributed by atoms with Crippen molar-refractivity contribution in [2.24, 2.45) is 12.8 Å². The molecule has 6 nitrogen and oxygen atoms in total. The number of carbonyl (C=O) groups excluding carboxylic acids is 1. The maximum absolute atomic E-state index is 13.2. The van der Waals surface area contributed by atoms with Crippen LogP contribution < -0.4 is 20.7 Å². The first-order valence-electron chi connectivity index (χ1n) is 13.3. The van der Waals surface area contributed by atoms with E-state index in [0.29, 0.717) is 11.7 Å². The van der Waals surface area contributed by atoms with Crippen LogP contribution in [0, 0.1) is 0 Å². The van der Waals surface area contributed by atoms with Gasteiger partial charge in [0.05, 0.1) is 16.3 Å². The second-order valence-corrected chi connectivity index (χ2v) is 11.3. The summed E-state index contributed by atoms with van der Waals surface area (Å²) in [7, 11) is 1.95. The summed E-state index contributed by atoms with van der Waals surface area (Å²) in [5.41, 5.74) is 12.4. The molecule has 2 aromatic carbocycles. The minimum atomic E-state index is -0.0630. The summed E-state index contributed by atoms with van der Waals surface area (Å²) in [5, 5.41) is 5.26. The van der Waals surface area contributed by atoms with Crippen LogP contribution in [0.3, 0.4) is 0 Å². The van der Waals surface area contributed by atoms with Gasteiger partial charge in [0.15, 0.2) is 0 Å². The number of nitrogens with zero attached hydrogens (tertiary/aromatic N) is 2. The number of benzene rings is 2. The Labute approximate surface area is 222 Å². The van der Waals surface area contributed by atoms with Gasteiger partial charge in [0.2, 0.25) is 0 Å². The first-order chi connectivity index (χ1) is 18.0. The largest absolute Gasteiger partial charge is 0.490 e. The number of nitrogens with one attached hydrogen (secondary N) is 1. The molecule has 1 saturated carbocycles. The number of thiophene rings is 1. The fourth-order valence-electron chi connectivity index (χ4n) is 5.73. The van der Waals surface area contributed by atoms with Crippen LogP contribution >= 0.6 is 11.3 Å². The standard InChI is InChI=1S/C30H34N4O2S/c1-33-27-15-17-37-29(27)18-28(33)30(35)32-25-5-2-6-26-24(25)4-3-16-34(26)19-20-7-11-22(12-8-20)36-23-13-9-21(31)10-14-23/h2,5-8,11-12,15,17-18,21,23H,3-4,9-10,13-14,16,19,31H2,1H3,(H,32,35)/t21-,23-. The minimum Gasteiger partial charge on any atom is -0.490 e. The highest BCUT2D eigenvalue weighted by molar-refractivity contribution is 7.17. The van der Waals surface area contributed by atoms with E-state index >= 15 is 0 Å². The number of nitrogens with two attached hydrogens (primary N) is 1. The van der Waals surface area contributed by atoms with Gasteiger partial charge in [0.25, 0.3) is 5.91 Å². The molecule has 0 spiro atoms. The highest BCUT2D eigenvalue weighted by atomic mass is 32.1. The van der Waals surface area contributed by atoms with Gasteiger partial charge in [0.1, 0.15) is 11.4 Å². The van der Waals surface area contributed by atoms with E-state index in [1.54, 1.807) is 11.3 Å². The molecule has 0 saturated heterocycles. The average molecular weight is 515 g/mol. The lowest BCUT2D eigenvalue weighted by Crippen LogP contribution is -2.31. The van der Waals surface area contributed by atoms with Crippen molar-refractivity contribution in [3.63, 3.8) is 0 Å². The molecule has 0 atom stereocenters. The maximum Gasteiger partial charge on any atom is 0.272 e. The highest BCUT2D eigenvalue weighted by Gasteiger charge is 2.23. The summed E-state index contributed by atoms with van der Waals surface area (Å²) in [6, 6.07) is 19.1. The van der Waals surface area contributed by atoms with Gasteiger partial charge in [-0.15, -0.1) is 11.3 Å². The number of carbonyl (C=O) groups is 1. The zero-order chi connectivity index (χ0) is 25.4. The van der Waals surface area contributed by atoms with Gasteiger partial charge in [-0.2, -0.15) is 0 Å². The summed E-state index contributed by atoms with van der Waals surface area (Å²) in [6.07, 6.45) is 6.46. The van der Waals surface area contributed by atoms with Crippen molar-refractivity contribution in [1.82, 2.24) is 4.57 Å². The molecule has 0 bridgehead atoms. The predicted molar refractivity (Wildman–Crippen MR) is 152 cm³/mol. The van der Waals surface area contributed by atoms with Crippen molar-refractivity contribution in [2.45, 2.75) is 57.2 Å². The van der Waals surface area contributed by atoms with Gasteiger partial charge in [0, 0.05) is 37.6 Å². The molecule has 0 radical (unpaired) electrons. The van der Waals surface area contributed by atoms with E-state index in [1.165, 1.54) is 16.8 Å². The fourth-order valence-corrected chi connectivity index (χ4v) is 6.58. The number of hydrogen-bond acceptors (Lipinski definition) is 5. The quantitative estimate of drug-likeness (QED) is 0.326. The van der Waals surface area contributed by atoms with E-state index in [4.69, 9.17) is 10.5 Å². The van der Waals surface area contributed by atoms with Crippen LogP contribution in [0.15, 0.2) is 60.0 Å². The van der Waals surface area contributed by atoms with Gasteiger partial charge in [-0.05, 0) is 91.4 Å². The van der Waals surface area contributed by atoms with Crippen molar-refractivity contribution in [3.8, 4) is 5.75 Å². The molecule has 2 aromatic heterocycles. The van der Waals surface area contributed by atoms with Crippen molar-refractivity contribution < 1.29 is 9.53 Å². The number of ether oxygens (including phenoxy) is 1. The van der Waals surface area contributed by atoms with Crippen LogP contribution in [0.2, 0.25) is 0 Å². The molecule has 7 heteroatoms. The van der Waals surface area contributed by atoms with Crippen LogP contribution in [0.25, 0.3) is 10.2 Å². The van der Waals surface area contributed by atoms with Crippen LogP contribution in [0.1, 0.15) is 53.7 Å². The third-order valence-electron chi connectivity index (χ3n) is 7.81. The molecule has 37 heavy (non-hydrogen) atoms. The van der Waals surface area contributed by atoms with Gasteiger partial charge in [-0.25, -0.2) is 0 Å². The molecule has 2 aliphatic rings. The van der Waals surface area contributed by atoms with Crippen molar-refractivity contribution in [2.75, 3.05) is 16.8 Å². The lowest BCUT2D eigenvalue weighted by Gasteiger charge is -2.33. The number of anilines is 2. The topological polar surface area (TPSA) is 72.5 Å². The molecule has 3 N–H and O–H groups in total. The Bertz CT molecular complexity index is 1400. The molecule has 6 rings (SSSR count). The smallest absolute Gasteiger partial charge is 0.272 e. The number of aryl methyl sites for hydroxylation is 1. The molecule has 0 unspecified atom stereocenters. The van der Waals surface area contributed by atoms with E-state index in [0.717, 1.165) is 73.3 Å². The molecule has 1 aliphatic heterocycles. The Morgan fingerprint density at radius 3 is 2.70 bits per heavy atom. The SMILES string of the molecule is Cn1c(C(=O)Nc2cccc3c2CCCN3Cc2ccc(O[C@H]3CC[C@H](N)CC3)cc2)cc2sccc21. The maximum atomic E-state index is 13.2. The monoisotopic (exact) mass is 514 g/mol. The van der Waals surface area contributed by atoms with Gasteiger partial charge in [-0.1, -0.05) is 18.2 Å². The second-order valence-electron chi connectivity index (χ2n) is 10.3. The highest BCUT2D eigenvalue weighted by Crippen LogP contribution is 2.35. The minimum absolute atomic E-state index is 0.0630. The molecule has 1 amide bonds. The Kier molecular flexibility index (Phi) is 6.65. The van der Waals surface area contributed by atoms with E-state index in [9.17, 15) is 4.79 Å². The molecule has 192 valence electrons. The van der Waals surface area contributed by atoms with Crippen LogP contribution in [0.4, 0.5) is 11.4 Å². The van der Waals surface area contributed by atoms with Gasteiger partial charge < -0.3 is 25.3 Å². The van der Waals surface area contributed by atoms with Gasteiger partial charge in [-0.3, -0.25) is 4.79 Å². The zero-order valence-electron chi connectivity index (χ0n) is 21.3. The number of aromatic nitrogens is 1. The van der Waals surface area contributed by atoms with E-state index in [1.807, 2.05) is 29.8 Å². The number of hydrogen-bond donors (Lipinski definition) is 2. The zero-order valence-corrected chi connectivity index (χ0v) is 22.1. The van der Waals surface area contributed by atoms with Crippen LogP contribution in [-0.4, -0.2) is 29.2 Å². The van der Waals surface area contributed by atoms with Gasteiger partial charge >= 0.3 is 0 Å². The first kappa shape index (κ1) is 24.1. The Hall–Kier alpha value is -3.29. The Balaban J connectivity index is 1.15. The lowest BCUT2D eigenvalue weighted by atomic mass is 9.94. The fraction of sp³-hybridized carbons (Fsp3) is 0.367. The number of rotatable bonds is 6. The summed E-state index contributed by atoms with van der Waals surface area (Å²) >= 11 is 1.66. The number of amides is 1.